The van der Waals surface area contributed by atoms with E-state index in [4.69, 9.17) is 0 Å². The zero-order chi connectivity index (χ0) is 21.0. The Morgan fingerprint density at radius 2 is 1.34 bits per heavy atom. The van der Waals surface area contributed by atoms with E-state index in [1.165, 1.54) is 31.5 Å². The minimum atomic E-state index is -0.922. The van der Waals surface area contributed by atoms with Crippen molar-refractivity contribution in [1.82, 2.24) is 4.98 Å². The third kappa shape index (κ3) is 4.67. The van der Waals surface area contributed by atoms with Crippen LogP contribution in [0.4, 0.5) is 20.2 Å². The molecule has 2 amide bonds. The van der Waals surface area contributed by atoms with Crippen molar-refractivity contribution in [3.8, 4) is 0 Å². The van der Waals surface area contributed by atoms with E-state index in [1.807, 2.05) is 0 Å². The average Bonchev–Trinajstić information content (AvgIpc) is 2.71. The molecule has 1 heterocycles. The van der Waals surface area contributed by atoms with Gasteiger partial charge in [-0.15, -0.1) is 0 Å². The van der Waals surface area contributed by atoms with Crippen LogP contribution in [-0.2, 0) is 0 Å². The molecule has 0 unspecified atom stereocenters. The lowest BCUT2D eigenvalue weighted by Crippen LogP contribution is -2.17. The van der Waals surface area contributed by atoms with Gasteiger partial charge in [0, 0.05) is 23.6 Å². The third-order valence-corrected chi connectivity index (χ3v) is 4.01. The number of nitrogens with zero attached hydrogens (tertiary/aromatic N) is 1. The van der Waals surface area contributed by atoms with Crippen LogP contribution in [0.3, 0.4) is 0 Å². The molecule has 0 radical (unpaired) electrons. The highest BCUT2D eigenvalue weighted by atomic mass is 19.1. The molecule has 0 aliphatic carbocycles. The Balaban J connectivity index is 1.75. The molecule has 0 aliphatic heterocycles. The lowest BCUT2D eigenvalue weighted by Gasteiger charge is -2.09. The van der Waals surface area contributed by atoms with Crippen LogP contribution in [0.25, 0.3) is 0 Å². The highest BCUT2D eigenvalue weighted by Gasteiger charge is 2.16. The molecular formula is C21H15F2N3O3. The molecule has 2 N–H and O–H groups in total. The van der Waals surface area contributed by atoms with Crippen LogP contribution >= 0.6 is 0 Å². The fraction of sp³-hybridized carbons (Fsp3) is 0.0476. The summed E-state index contributed by atoms with van der Waals surface area (Å²) < 4.78 is 27.4. The van der Waals surface area contributed by atoms with Crippen molar-refractivity contribution < 1.29 is 23.2 Å². The maximum absolute atomic E-state index is 13.7. The number of para-hydroxylation sites is 1. The summed E-state index contributed by atoms with van der Waals surface area (Å²) in [6.45, 7) is 1.43. The van der Waals surface area contributed by atoms with E-state index in [2.05, 4.69) is 15.6 Å². The molecule has 0 saturated heterocycles. The second-order valence-electron chi connectivity index (χ2n) is 6.10. The number of aromatic nitrogens is 1. The van der Waals surface area contributed by atoms with E-state index in [1.54, 1.807) is 24.3 Å². The van der Waals surface area contributed by atoms with E-state index in [0.717, 1.165) is 12.1 Å². The van der Waals surface area contributed by atoms with Crippen LogP contribution in [0.5, 0.6) is 0 Å². The van der Waals surface area contributed by atoms with Crippen LogP contribution in [0, 0.1) is 11.6 Å². The van der Waals surface area contributed by atoms with E-state index in [0.29, 0.717) is 11.3 Å². The molecule has 3 rings (SSSR count). The number of carbonyl (C=O) groups is 3. The number of carbonyl (C=O) groups excluding carboxylic acids is 3. The van der Waals surface area contributed by atoms with Gasteiger partial charge < -0.3 is 10.6 Å². The summed E-state index contributed by atoms with van der Waals surface area (Å²) in [4.78, 5) is 39.8. The SMILES string of the molecule is CC(=O)c1ccc(NC(=O)c2cncc(C(=O)Nc3c(F)cccc3F)c2)cc1. The standard InChI is InChI=1S/C21H15F2N3O3/c1-12(27)13-5-7-16(8-6-13)25-20(28)14-9-15(11-24-10-14)21(29)26-19-17(22)3-2-4-18(19)23/h2-11H,1H3,(H,25,28)(H,26,29). The fourth-order valence-electron chi connectivity index (χ4n) is 2.48. The molecule has 0 saturated carbocycles. The molecule has 0 bridgehead atoms. The summed E-state index contributed by atoms with van der Waals surface area (Å²) >= 11 is 0. The Morgan fingerprint density at radius 3 is 1.90 bits per heavy atom. The Kier molecular flexibility index (Phi) is 5.73. The average molecular weight is 395 g/mol. The second kappa shape index (κ2) is 8.39. The molecular weight excluding hydrogens is 380 g/mol. The van der Waals surface area contributed by atoms with E-state index < -0.39 is 29.1 Å². The molecule has 6 nitrogen and oxygen atoms in total. The number of rotatable bonds is 5. The van der Waals surface area contributed by atoms with Crippen molar-refractivity contribution in [2.75, 3.05) is 10.6 Å². The van der Waals surface area contributed by atoms with Gasteiger partial charge >= 0.3 is 0 Å². The number of benzene rings is 2. The molecule has 2 aromatic carbocycles. The van der Waals surface area contributed by atoms with Gasteiger partial charge in [0.15, 0.2) is 5.78 Å². The molecule has 1 aromatic heterocycles. The number of hydrogen-bond donors (Lipinski definition) is 2. The molecule has 0 fully saturated rings. The lowest BCUT2D eigenvalue weighted by atomic mass is 10.1. The van der Waals surface area contributed by atoms with E-state index >= 15 is 0 Å². The van der Waals surface area contributed by atoms with E-state index in [-0.39, 0.29) is 16.9 Å². The molecule has 0 aliphatic rings. The van der Waals surface area contributed by atoms with Crippen LogP contribution in [-0.4, -0.2) is 22.6 Å². The maximum atomic E-state index is 13.7. The molecule has 3 aromatic rings. The summed E-state index contributed by atoms with van der Waals surface area (Å²) in [5, 5.41) is 4.75. The zero-order valence-corrected chi connectivity index (χ0v) is 15.2. The number of amides is 2. The number of Topliss-reactive ketones (excluding diaryl/α,β-unsaturated/α-hetero) is 1. The van der Waals surface area contributed by atoms with Crippen molar-refractivity contribution >= 4 is 29.0 Å². The molecule has 146 valence electrons. The molecule has 8 heteroatoms. The van der Waals surface area contributed by atoms with Gasteiger partial charge in [-0.05, 0) is 49.4 Å². The fourth-order valence-corrected chi connectivity index (χ4v) is 2.48. The monoisotopic (exact) mass is 395 g/mol. The first-order chi connectivity index (χ1) is 13.8. The maximum Gasteiger partial charge on any atom is 0.257 e. The molecule has 0 atom stereocenters. The number of anilines is 2. The lowest BCUT2D eigenvalue weighted by molar-refractivity contribution is 0.101. The predicted molar refractivity (Wildman–Crippen MR) is 103 cm³/mol. The summed E-state index contributed by atoms with van der Waals surface area (Å²) in [5.41, 5.74) is 0.388. The Hall–Kier alpha value is -3.94. The van der Waals surface area contributed by atoms with Gasteiger partial charge in [-0.25, -0.2) is 8.78 Å². The van der Waals surface area contributed by atoms with Crippen LogP contribution < -0.4 is 10.6 Å². The smallest absolute Gasteiger partial charge is 0.257 e. The van der Waals surface area contributed by atoms with Crippen LogP contribution in [0.2, 0.25) is 0 Å². The molecule has 29 heavy (non-hydrogen) atoms. The first kappa shape index (κ1) is 19.8. The normalized spacial score (nSPS) is 10.3. The highest BCUT2D eigenvalue weighted by Crippen LogP contribution is 2.19. The summed E-state index contributed by atoms with van der Waals surface area (Å²) in [5.74, 6) is -3.30. The van der Waals surface area contributed by atoms with Crippen molar-refractivity contribution in [3.63, 3.8) is 0 Å². The van der Waals surface area contributed by atoms with Gasteiger partial charge in [-0.3, -0.25) is 19.4 Å². The Morgan fingerprint density at radius 1 is 0.793 bits per heavy atom. The van der Waals surface area contributed by atoms with Crippen molar-refractivity contribution in [2.24, 2.45) is 0 Å². The first-order valence-corrected chi connectivity index (χ1v) is 8.48. The number of pyridine rings is 1. The summed E-state index contributed by atoms with van der Waals surface area (Å²) in [6, 6.07) is 10.7. The minimum absolute atomic E-state index is 0.0489. The third-order valence-electron chi connectivity index (χ3n) is 4.01. The van der Waals surface area contributed by atoms with Gasteiger partial charge in [-0.2, -0.15) is 0 Å². The van der Waals surface area contributed by atoms with Gasteiger partial charge in [0.2, 0.25) is 0 Å². The Labute approximate surface area is 164 Å². The second-order valence-corrected chi connectivity index (χ2v) is 6.10. The van der Waals surface area contributed by atoms with Crippen molar-refractivity contribution in [2.45, 2.75) is 6.92 Å². The zero-order valence-electron chi connectivity index (χ0n) is 15.2. The topological polar surface area (TPSA) is 88.2 Å². The van der Waals surface area contributed by atoms with Crippen molar-refractivity contribution in [3.05, 3.63) is 89.2 Å². The molecule has 0 spiro atoms. The van der Waals surface area contributed by atoms with E-state index in [9.17, 15) is 23.2 Å². The number of ketones is 1. The number of nitrogens with one attached hydrogen (secondary N) is 2. The highest BCUT2D eigenvalue weighted by molar-refractivity contribution is 6.08. The van der Waals surface area contributed by atoms with Gasteiger partial charge in [-0.1, -0.05) is 6.07 Å². The quantitative estimate of drug-likeness (QED) is 0.638. The predicted octanol–water partition coefficient (Wildman–Crippen LogP) is 4.07. The summed E-state index contributed by atoms with van der Waals surface area (Å²) in [7, 11) is 0. The van der Waals surface area contributed by atoms with Crippen molar-refractivity contribution in [1.29, 1.82) is 0 Å². The van der Waals surface area contributed by atoms with Gasteiger partial charge in [0.05, 0.1) is 11.1 Å². The first-order valence-electron chi connectivity index (χ1n) is 8.48. The van der Waals surface area contributed by atoms with Gasteiger partial charge in [0.1, 0.15) is 17.3 Å². The number of halogens is 2. The summed E-state index contributed by atoms with van der Waals surface area (Å²) in [6.07, 6.45) is 2.42. The number of hydrogen-bond acceptors (Lipinski definition) is 4. The Bertz CT molecular complexity index is 1080. The van der Waals surface area contributed by atoms with Crippen LogP contribution in [0.1, 0.15) is 38.0 Å². The largest absolute Gasteiger partial charge is 0.322 e. The van der Waals surface area contributed by atoms with Crippen LogP contribution in [0.15, 0.2) is 60.9 Å². The minimum Gasteiger partial charge on any atom is -0.322 e. The van der Waals surface area contributed by atoms with Gasteiger partial charge in [0.25, 0.3) is 11.8 Å².